The fourth-order valence-corrected chi connectivity index (χ4v) is 3.10. The van der Waals surface area contributed by atoms with E-state index in [9.17, 15) is 4.79 Å². The van der Waals surface area contributed by atoms with Gasteiger partial charge in [0.15, 0.2) is 11.5 Å². The van der Waals surface area contributed by atoms with Gasteiger partial charge in [-0.05, 0) is 44.5 Å². The zero-order valence-electron chi connectivity index (χ0n) is 15.2. The van der Waals surface area contributed by atoms with E-state index in [1.165, 1.54) is 0 Å². The Morgan fingerprint density at radius 2 is 2.08 bits per heavy atom. The number of nitrogens with one attached hydrogen (secondary N) is 2. The van der Waals surface area contributed by atoms with Crippen LogP contribution in [0.1, 0.15) is 25.3 Å². The van der Waals surface area contributed by atoms with Gasteiger partial charge in [0, 0.05) is 24.8 Å². The van der Waals surface area contributed by atoms with Crippen molar-refractivity contribution >= 4 is 5.91 Å². The lowest BCUT2D eigenvalue weighted by Gasteiger charge is -2.32. The zero-order valence-corrected chi connectivity index (χ0v) is 15.2. The molecule has 26 heavy (non-hydrogen) atoms. The number of para-hydroxylation sites is 2. The summed E-state index contributed by atoms with van der Waals surface area (Å²) >= 11 is 0. The van der Waals surface area contributed by atoms with Crippen molar-refractivity contribution in [3.05, 3.63) is 48.2 Å². The van der Waals surface area contributed by atoms with Crippen LogP contribution in [0.5, 0.6) is 17.4 Å². The number of hydrogen-bond acceptors (Lipinski definition) is 5. The molecule has 138 valence electrons. The molecule has 1 amide bonds. The molecule has 0 spiro atoms. The van der Waals surface area contributed by atoms with E-state index >= 15 is 0 Å². The quantitative estimate of drug-likeness (QED) is 0.834. The van der Waals surface area contributed by atoms with Gasteiger partial charge in [0.25, 0.3) is 0 Å². The molecule has 1 atom stereocenters. The normalized spacial score (nSPS) is 19.6. The molecule has 0 unspecified atom stereocenters. The van der Waals surface area contributed by atoms with Crippen molar-refractivity contribution in [3.63, 3.8) is 0 Å². The van der Waals surface area contributed by atoms with Crippen LogP contribution in [0.3, 0.4) is 0 Å². The Hall–Kier alpha value is -2.60. The number of hydrogen-bond donors (Lipinski definition) is 2. The Morgan fingerprint density at radius 1 is 1.27 bits per heavy atom. The highest BCUT2D eigenvalue weighted by Gasteiger charge is 2.34. The Labute approximate surface area is 153 Å². The third-order valence-corrected chi connectivity index (χ3v) is 4.71. The Kier molecular flexibility index (Phi) is 5.73. The standard InChI is InChI=1S/C20H25N3O3/c1-20(10-6-11-21-14-20)19(24)23-13-15-7-5-12-22-18(15)26-17-9-4-3-8-16(17)25-2/h3-5,7-9,12,21H,6,10-11,13-14H2,1-2H3,(H,23,24)/t20-/m1/s1. The Bertz CT molecular complexity index is 757. The largest absolute Gasteiger partial charge is 0.493 e. The highest BCUT2D eigenvalue weighted by atomic mass is 16.5. The maximum Gasteiger partial charge on any atom is 0.227 e. The average Bonchev–Trinajstić information content (AvgIpc) is 2.68. The van der Waals surface area contributed by atoms with Gasteiger partial charge >= 0.3 is 0 Å². The van der Waals surface area contributed by atoms with E-state index in [1.54, 1.807) is 13.3 Å². The number of pyridine rings is 1. The molecule has 1 aliphatic heterocycles. The highest BCUT2D eigenvalue weighted by Crippen LogP contribution is 2.31. The molecule has 1 fully saturated rings. The van der Waals surface area contributed by atoms with E-state index in [2.05, 4.69) is 15.6 Å². The van der Waals surface area contributed by atoms with Crippen LogP contribution in [0.2, 0.25) is 0 Å². The highest BCUT2D eigenvalue weighted by molar-refractivity contribution is 5.82. The number of rotatable bonds is 6. The Balaban J connectivity index is 1.70. The van der Waals surface area contributed by atoms with Crippen molar-refractivity contribution in [2.45, 2.75) is 26.3 Å². The second kappa shape index (κ2) is 8.19. The molecule has 0 aliphatic carbocycles. The van der Waals surface area contributed by atoms with Crippen molar-refractivity contribution in [1.82, 2.24) is 15.6 Å². The van der Waals surface area contributed by atoms with Crippen LogP contribution in [0, 0.1) is 5.41 Å². The maximum absolute atomic E-state index is 12.6. The first-order valence-corrected chi connectivity index (χ1v) is 8.86. The first-order valence-electron chi connectivity index (χ1n) is 8.86. The van der Waals surface area contributed by atoms with E-state index in [4.69, 9.17) is 9.47 Å². The van der Waals surface area contributed by atoms with E-state index in [-0.39, 0.29) is 11.3 Å². The SMILES string of the molecule is COc1ccccc1Oc1ncccc1CNC(=O)[C@]1(C)CCCNC1. The fraction of sp³-hybridized carbons (Fsp3) is 0.400. The summed E-state index contributed by atoms with van der Waals surface area (Å²) in [4.78, 5) is 16.9. The van der Waals surface area contributed by atoms with Crippen LogP contribution in [0.25, 0.3) is 0 Å². The molecule has 3 rings (SSSR count). The van der Waals surface area contributed by atoms with Crippen LogP contribution in [0.15, 0.2) is 42.6 Å². The van der Waals surface area contributed by atoms with Gasteiger partial charge in [-0.1, -0.05) is 18.2 Å². The monoisotopic (exact) mass is 355 g/mol. The summed E-state index contributed by atoms with van der Waals surface area (Å²) in [5, 5.41) is 6.33. The van der Waals surface area contributed by atoms with Crippen LogP contribution in [-0.2, 0) is 11.3 Å². The number of amides is 1. The molecule has 2 heterocycles. The topological polar surface area (TPSA) is 72.5 Å². The molecule has 2 N–H and O–H groups in total. The van der Waals surface area contributed by atoms with Crippen LogP contribution < -0.4 is 20.1 Å². The predicted octanol–water partition coefficient (Wildman–Crippen LogP) is 2.89. The van der Waals surface area contributed by atoms with Crippen LogP contribution in [0.4, 0.5) is 0 Å². The lowest BCUT2D eigenvalue weighted by atomic mass is 9.82. The number of carbonyl (C=O) groups is 1. The molecule has 1 saturated heterocycles. The lowest BCUT2D eigenvalue weighted by Crippen LogP contribution is -2.48. The predicted molar refractivity (Wildman–Crippen MR) is 99.4 cm³/mol. The number of ether oxygens (including phenoxy) is 2. The summed E-state index contributed by atoms with van der Waals surface area (Å²) in [5.41, 5.74) is 0.448. The summed E-state index contributed by atoms with van der Waals surface area (Å²) in [6.07, 6.45) is 3.57. The van der Waals surface area contributed by atoms with Gasteiger partial charge in [-0.15, -0.1) is 0 Å². The number of benzene rings is 1. The van der Waals surface area contributed by atoms with E-state index in [0.29, 0.717) is 30.5 Å². The van der Waals surface area contributed by atoms with Gasteiger partial charge in [0.2, 0.25) is 11.8 Å². The number of carbonyl (C=O) groups excluding carboxylic acids is 1. The van der Waals surface area contributed by atoms with Gasteiger partial charge in [-0.2, -0.15) is 0 Å². The van der Waals surface area contributed by atoms with Crippen LogP contribution >= 0.6 is 0 Å². The molecule has 2 aromatic rings. The molecule has 1 aromatic carbocycles. The van der Waals surface area contributed by atoms with Gasteiger partial charge in [0.05, 0.1) is 12.5 Å². The molecule has 1 aromatic heterocycles. The average molecular weight is 355 g/mol. The zero-order chi connectivity index (χ0) is 18.4. The van der Waals surface area contributed by atoms with E-state index < -0.39 is 0 Å². The summed E-state index contributed by atoms with van der Waals surface area (Å²) < 4.78 is 11.3. The minimum Gasteiger partial charge on any atom is -0.493 e. The molecule has 1 aliphatic rings. The molecule has 6 heteroatoms. The van der Waals surface area contributed by atoms with Crippen molar-refractivity contribution in [3.8, 4) is 17.4 Å². The first-order chi connectivity index (χ1) is 12.6. The molecule has 6 nitrogen and oxygen atoms in total. The van der Waals surface area contributed by atoms with Crippen molar-refractivity contribution in [1.29, 1.82) is 0 Å². The minimum absolute atomic E-state index is 0.0526. The third kappa shape index (κ3) is 4.14. The second-order valence-corrected chi connectivity index (χ2v) is 6.74. The molecule has 0 radical (unpaired) electrons. The molecular weight excluding hydrogens is 330 g/mol. The summed E-state index contributed by atoms with van der Waals surface area (Å²) in [6.45, 7) is 4.05. The van der Waals surface area contributed by atoms with E-state index in [1.807, 2.05) is 43.3 Å². The molecule has 0 saturated carbocycles. The smallest absolute Gasteiger partial charge is 0.227 e. The summed E-state index contributed by atoms with van der Waals surface area (Å²) in [6, 6.07) is 11.1. The fourth-order valence-electron chi connectivity index (χ4n) is 3.10. The Morgan fingerprint density at radius 3 is 2.81 bits per heavy atom. The van der Waals surface area contributed by atoms with Crippen molar-refractivity contribution < 1.29 is 14.3 Å². The lowest BCUT2D eigenvalue weighted by molar-refractivity contribution is -0.131. The van der Waals surface area contributed by atoms with Gasteiger partial charge in [-0.25, -0.2) is 4.98 Å². The van der Waals surface area contributed by atoms with Crippen molar-refractivity contribution in [2.24, 2.45) is 5.41 Å². The minimum atomic E-state index is -0.371. The number of aromatic nitrogens is 1. The van der Waals surface area contributed by atoms with Gasteiger partial charge in [0.1, 0.15) is 0 Å². The third-order valence-electron chi connectivity index (χ3n) is 4.71. The summed E-state index contributed by atoms with van der Waals surface area (Å²) in [5.74, 6) is 1.74. The number of methoxy groups -OCH3 is 1. The summed E-state index contributed by atoms with van der Waals surface area (Å²) in [7, 11) is 1.60. The maximum atomic E-state index is 12.6. The first kappa shape index (κ1) is 18.2. The van der Waals surface area contributed by atoms with Crippen LogP contribution in [-0.4, -0.2) is 31.1 Å². The number of piperidine rings is 1. The van der Waals surface area contributed by atoms with Crippen molar-refractivity contribution in [2.75, 3.05) is 20.2 Å². The van der Waals surface area contributed by atoms with Gasteiger partial charge in [-0.3, -0.25) is 4.79 Å². The molecule has 0 bridgehead atoms. The molecular formula is C20H25N3O3. The number of nitrogens with zero attached hydrogens (tertiary/aromatic N) is 1. The second-order valence-electron chi connectivity index (χ2n) is 6.74. The van der Waals surface area contributed by atoms with Gasteiger partial charge < -0.3 is 20.1 Å². The van der Waals surface area contributed by atoms with E-state index in [0.717, 1.165) is 24.9 Å².